The molecular formula is C10H11ClN4OS. The Kier molecular flexibility index (Phi) is 4.11. The van der Waals surface area contributed by atoms with Crippen LogP contribution in [0.3, 0.4) is 0 Å². The van der Waals surface area contributed by atoms with E-state index in [2.05, 4.69) is 37.1 Å². The predicted octanol–water partition coefficient (Wildman–Crippen LogP) is 2.25. The number of halogens is 1. The molecule has 0 amide bonds. The molecule has 0 spiro atoms. The smallest absolute Gasteiger partial charge is 0.322 e. The first kappa shape index (κ1) is 12.1. The van der Waals surface area contributed by atoms with Gasteiger partial charge in [0.25, 0.3) is 0 Å². The minimum atomic E-state index is 0.120. The van der Waals surface area contributed by atoms with Crippen LogP contribution in [0.15, 0.2) is 16.8 Å². The van der Waals surface area contributed by atoms with E-state index >= 15 is 0 Å². The number of methoxy groups -OCH3 is 1. The number of nitrogens with one attached hydrogen (secondary N) is 1. The SMILES string of the molecule is COc1nc(Cl)nc(NCCc2ccsc2)n1. The van der Waals surface area contributed by atoms with Gasteiger partial charge in [0.1, 0.15) is 0 Å². The van der Waals surface area contributed by atoms with Crippen LogP contribution < -0.4 is 10.1 Å². The van der Waals surface area contributed by atoms with Gasteiger partial charge in [0.2, 0.25) is 11.2 Å². The van der Waals surface area contributed by atoms with E-state index < -0.39 is 0 Å². The molecule has 0 fully saturated rings. The van der Waals surface area contributed by atoms with Crippen molar-refractivity contribution < 1.29 is 4.74 Å². The van der Waals surface area contributed by atoms with Crippen molar-refractivity contribution in [1.29, 1.82) is 0 Å². The monoisotopic (exact) mass is 270 g/mol. The number of hydrogen-bond acceptors (Lipinski definition) is 6. The van der Waals surface area contributed by atoms with E-state index in [1.165, 1.54) is 12.7 Å². The van der Waals surface area contributed by atoms with Crippen molar-refractivity contribution in [3.05, 3.63) is 27.7 Å². The van der Waals surface area contributed by atoms with Gasteiger partial charge in [0.05, 0.1) is 7.11 Å². The molecule has 2 heterocycles. The lowest BCUT2D eigenvalue weighted by Gasteiger charge is -2.05. The molecule has 0 bridgehead atoms. The van der Waals surface area contributed by atoms with Gasteiger partial charge in [0, 0.05) is 6.54 Å². The molecule has 0 saturated heterocycles. The molecule has 0 aliphatic heterocycles. The van der Waals surface area contributed by atoms with Crippen LogP contribution in [-0.2, 0) is 6.42 Å². The third kappa shape index (κ3) is 3.54. The van der Waals surface area contributed by atoms with Gasteiger partial charge in [-0.25, -0.2) is 0 Å². The Bertz CT molecular complexity index is 477. The standard InChI is InChI=1S/C10H11ClN4OS/c1-16-10-14-8(11)13-9(15-10)12-4-2-7-3-5-17-6-7/h3,5-6H,2,4H2,1H3,(H,12,13,14,15). The molecule has 0 unspecified atom stereocenters. The van der Waals surface area contributed by atoms with Crippen LogP contribution in [0, 0.1) is 0 Å². The van der Waals surface area contributed by atoms with E-state index in [0.29, 0.717) is 5.95 Å². The molecule has 0 saturated carbocycles. The van der Waals surface area contributed by atoms with Crippen molar-refractivity contribution in [2.75, 3.05) is 19.0 Å². The van der Waals surface area contributed by atoms with E-state index in [4.69, 9.17) is 16.3 Å². The minimum absolute atomic E-state index is 0.120. The van der Waals surface area contributed by atoms with Crippen LogP contribution in [0.4, 0.5) is 5.95 Å². The topological polar surface area (TPSA) is 59.9 Å². The highest BCUT2D eigenvalue weighted by Crippen LogP contribution is 2.11. The van der Waals surface area contributed by atoms with Gasteiger partial charge in [-0.05, 0) is 40.4 Å². The zero-order chi connectivity index (χ0) is 12.1. The lowest BCUT2D eigenvalue weighted by molar-refractivity contribution is 0.379. The maximum Gasteiger partial charge on any atom is 0.322 e. The Morgan fingerprint density at radius 2 is 2.29 bits per heavy atom. The second-order valence-electron chi connectivity index (χ2n) is 3.22. The van der Waals surface area contributed by atoms with Gasteiger partial charge in [-0.15, -0.1) is 0 Å². The average molecular weight is 271 g/mol. The van der Waals surface area contributed by atoms with E-state index in [9.17, 15) is 0 Å². The summed E-state index contributed by atoms with van der Waals surface area (Å²) < 4.78 is 4.90. The summed E-state index contributed by atoms with van der Waals surface area (Å²) in [7, 11) is 1.49. The number of aromatic nitrogens is 3. The van der Waals surface area contributed by atoms with Gasteiger partial charge < -0.3 is 10.1 Å². The molecule has 1 N–H and O–H groups in total. The molecule has 0 aliphatic carbocycles. The van der Waals surface area contributed by atoms with Crippen LogP contribution in [0.2, 0.25) is 5.28 Å². The number of hydrogen-bond donors (Lipinski definition) is 1. The second-order valence-corrected chi connectivity index (χ2v) is 4.34. The molecule has 17 heavy (non-hydrogen) atoms. The third-order valence-electron chi connectivity index (χ3n) is 2.05. The summed E-state index contributed by atoms with van der Waals surface area (Å²) in [6, 6.07) is 2.30. The molecule has 2 rings (SSSR count). The maximum absolute atomic E-state index is 5.73. The first-order valence-electron chi connectivity index (χ1n) is 4.98. The first-order chi connectivity index (χ1) is 8.28. The number of rotatable bonds is 5. The quantitative estimate of drug-likeness (QED) is 0.903. The second kappa shape index (κ2) is 5.79. The molecule has 2 aromatic rings. The maximum atomic E-state index is 5.73. The molecule has 7 heteroatoms. The predicted molar refractivity (Wildman–Crippen MR) is 67.9 cm³/mol. The Morgan fingerprint density at radius 3 is 3.00 bits per heavy atom. The van der Waals surface area contributed by atoms with E-state index in [1.54, 1.807) is 11.3 Å². The lowest BCUT2D eigenvalue weighted by Crippen LogP contribution is -2.09. The summed E-state index contributed by atoms with van der Waals surface area (Å²) >= 11 is 7.41. The highest BCUT2D eigenvalue weighted by atomic mass is 35.5. The van der Waals surface area contributed by atoms with E-state index in [0.717, 1.165) is 13.0 Å². The summed E-state index contributed by atoms with van der Waals surface area (Å²) in [6.45, 7) is 0.736. The van der Waals surface area contributed by atoms with Gasteiger partial charge in [-0.2, -0.15) is 26.3 Å². The zero-order valence-corrected chi connectivity index (χ0v) is 10.8. The molecule has 0 aromatic carbocycles. The largest absolute Gasteiger partial charge is 0.467 e. The van der Waals surface area contributed by atoms with Crippen LogP contribution in [0.1, 0.15) is 5.56 Å². The van der Waals surface area contributed by atoms with Gasteiger partial charge in [-0.1, -0.05) is 0 Å². The van der Waals surface area contributed by atoms with Crippen LogP contribution in [0.25, 0.3) is 0 Å². The summed E-state index contributed by atoms with van der Waals surface area (Å²) in [5.74, 6) is 0.428. The van der Waals surface area contributed by atoms with Crippen molar-refractivity contribution in [1.82, 2.24) is 15.0 Å². The van der Waals surface area contributed by atoms with Gasteiger partial charge in [0.15, 0.2) is 0 Å². The Labute approximate surface area is 108 Å². The van der Waals surface area contributed by atoms with Gasteiger partial charge in [-0.3, -0.25) is 0 Å². The Morgan fingerprint density at radius 1 is 1.41 bits per heavy atom. The minimum Gasteiger partial charge on any atom is -0.467 e. The Hall–Kier alpha value is -1.40. The number of ether oxygens (including phenoxy) is 1. The zero-order valence-electron chi connectivity index (χ0n) is 9.18. The average Bonchev–Trinajstić information content (AvgIpc) is 2.81. The van der Waals surface area contributed by atoms with Crippen molar-refractivity contribution in [2.24, 2.45) is 0 Å². The van der Waals surface area contributed by atoms with Crippen LogP contribution >= 0.6 is 22.9 Å². The van der Waals surface area contributed by atoms with Crippen molar-refractivity contribution in [3.63, 3.8) is 0 Å². The first-order valence-corrected chi connectivity index (χ1v) is 6.30. The van der Waals surface area contributed by atoms with E-state index in [1.807, 2.05) is 0 Å². The van der Waals surface area contributed by atoms with Crippen molar-refractivity contribution >= 4 is 28.9 Å². The number of anilines is 1. The number of thiophene rings is 1. The fraction of sp³-hybridized carbons (Fsp3) is 0.300. The highest BCUT2D eigenvalue weighted by molar-refractivity contribution is 7.07. The van der Waals surface area contributed by atoms with Crippen molar-refractivity contribution in [2.45, 2.75) is 6.42 Å². The van der Waals surface area contributed by atoms with Gasteiger partial charge >= 0.3 is 6.01 Å². The molecular weight excluding hydrogens is 260 g/mol. The summed E-state index contributed by atoms with van der Waals surface area (Å²) in [5.41, 5.74) is 1.29. The molecule has 0 aliphatic rings. The van der Waals surface area contributed by atoms with Crippen molar-refractivity contribution in [3.8, 4) is 6.01 Å². The normalized spacial score (nSPS) is 10.2. The van der Waals surface area contributed by atoms with Crippen LogP contribution in [-0.4, -0.2) is 28.6 Å². The summed E-state index contributed by atoms with van der Waals surface area (Å²) in [4.78, 5) is 11.8. The number of nitrogens with zero attached hydrogens (tertiary/aromatic N) is 3. The molecule has 5 nitrogen and oxygen atoms in total. The molecule has 0 radical (unpaired) electrons. The molecule has 90 valence electrons. The van der Waals surface area contributed by atoms with E-state index in [-0.39, 0.29) is 11.3 Å². The fourth-order valence-electron chi connectivity index (χ4n) is 1.26. The lowest BCUT2D eigenvalue weighted by atomic mass is 10.2. The third-order valence-corrected chi connectivity index (χ3v) is 2.95. The Balaban J connectivity index is 1.92. The summed E-state index contributed by atoms with van der Waals surface area (Å²) in [5, 5.41) is 7.36. The fourth-order valence-corrected chi connectivity index (χ4v) is 2.11. The summed E-state index contributed by atoms with van der Waals surface area (Å²) in [6.07, 6.45) is 0.912. The molecule has 2 aromatic heterocycles. The molecule has 0 atom stereocenters. The van der Waals surface area contributed by atoms with Crippen LogP contribution in [0.5, 0.6) is 6.01 Å². The highest BCUT2D eigenvalue weighted by Gasteiger charge is 2.04.